The van der Waals surface area contributed by atoms with Crippen LogP contribution in [0.5, 0.6) is 0 Å². The van der Waals surface area contributed by atoms with Gasteiger partial charge in [-0.1, -0.05) is 13.3 Å². The Morgan fingerprint density at radius 2 is 2.38 bits per heavy atom. The van der Waals surface area contributed by atoms with Crippen molar-refractivity contribution in [2.24, 2.45) is 0 Å². The first kappa shape index (κ1) is 13.9. The topological polar surface area (TPSA) is 44.7 Å². The summed E-state index contributed by atoms with van der Waals surface area (Å²) in [5.41, 5.74) is 0. The van der Waals surface area contributed by atoms with E-state index in [1.807, 2.05) is 0 Å². The van der Waals surface area contributed by atoms with Crippen LogP contribution in [0.15, 0.2) is 0 Å². The minimum absolute atomic E-state index is 0.345. The molecule has 1 heterocycles. The predicted molar refractivity (Wildman–Crippen MR) is 65.6 cm³/mol. The van der Waals surface area contributed by atoms with E-state index in [2.05, 4.69) is 24.1 Å². The number of hydrogen-bond donors (Lipinski definition) is 2. The van der Waals surface area contributed by atoms with Crippen molar-refractivity contribution in [2.75, 3.05) is 39.4 Å². The van der Waals surface area contributed by atoms with E-state index < -0.39 is 0 Å². The largest absolute Gasteiger partial charge is 0.389 e. The molecule has 0 spiro atoms. The van der Waals surface area contributed by atoms with Gasteiger partial charge >= 0.3 is 0 Å². The Bertz CT molecular complexity index is 178. The number of aliphatic hydroxyl groups excluding tert-OH is 1. The molecule has 16 heavy (non-hydrogen) atoms. The van der Waals surface area contributed by atoms with Gasteiger partial charge < -0.3 is 15.2 Å². The number of aliphatic hydroxyl groups is 1. The van der Waals surface area contributed by atoms with Gasteiger partial charge in [-0.25, -0.2) is 0 Å². The van der Waals surface area contributed by atoms with Crippen LogP contribution in [-0.4, -0.2) is 61.5 Å². The highest BCUT2D eigenvalue weighted by molar-refractivity contribution is 4.76. The van der Waals surface area contributed by atoms with Gasteiger partial charge in [-0.2, -0.15) is 0 Å². The van der Waals surface area contributed by atoms with Gasteiger partial charge in [-0.15, -0.1) is 0 Å². The predicted octanol–water partition coefficient (Wildman–Crippen LogP) is 0.458. The van der Waals surface area contributed by atoms with Crippen LogP contribution < -0.4 is 5.32 Å². The number of β-amino-alcohol motifs (C(OH)–C–C–N with tert-alkyl or cyclic N) is 1. The Labute approximate surface area is 99.0 Å². The van der Waals surface area contributed by atoms with Crippen LogP contribution in [0, 0.1) is 0 Å². The van der Waals surface area contributed by atoms with Gasteiger partial charge in [0.15, 0.2) is 0 Å². The molecule has 0 radical (unpaired) electrons. The molecular weight excluding hydrogens is 204 g/mol. The molecule has 1 rings (SSSR count). The monoisotopic (exact) mass is 230 g/mol. The van der Waals surface area contributed by atoms with Crippen LogP contribution in [0.2, 0.25) is 0 Å². The lowest BCUT2D eigenvalue weighted by atomic mass is 10.2. The summed E-state index contributed by atoms with van der Waals surface area (Å²) < 4.78 is 5.41. The van der Waals surface area contributed by atoms with E-state index in [1.54, 1.807) is 0 Å². The number of nitrogens with one attached hydrogen (secondary N) is 1. The van der Waals surface area contributed by atoms with Crippen molar-refractivity contribution in [1.29, 1.82) is 0 Å². The van der Waals surface area contributed by atoms with Crippen molar-refractivity contribution in [3.05, 3.63) is 0 Å². The van der Waals surface area contributed by atoms with E-state index in [4.69, 9.17) is 4.74 Å². The molecule has 0 aromatic heterocycles. The molecule has 1 unspecified atom stereocenters. The number of piperazine rings is 1. The van der Waals surface area contributed by atoms with Crippen LogP contribution in [-0.2, 0) is 4.74 Å². The summed E-state index contributed by atoms with van der Waals surface area (Å²) in [6.07, 6.45) is 1.88. The molecule has 2 atom stereocenters. The highest BCUT2D eigenvalue weighted by Gasteiger charge is 2.18. The van der Waals surface area contributed by atoms with E-state index in [9.17, 15) is 5.11 Å². The fourth-order valence-electron chi connectivity index (χ4n) is 1.99. The summed E-state index contributed by atoms with van der Waals surface area (Å²) in [5.74, 6) is 0. The highest BCUT2D eigenvalue weighted by atomic mass is 16.5. The van der Waals surface area contributed by atoms with Gasteiger partial charge in [-0.3, -0.25) is 4.90 Å². The van der Waals surface area contributed by atoms with E-state index in [1.165, 1.54) is 0 Å². The highest BCUT2D eigenvalue weighted by Crippen LogP contribution is 2.00. The van der Waals surface area contributed by atoms with Gasteiger partial charge in [0.2, 0.25) is 0 Å². The van der Waals surface area contributed by atoms with Gasteiger partial charge in [0.25, 0.3) is 0 Å². The van der Waals surface area contributed by atoms with Crippen LogP contribution >= 0.6 is 0 Å². The first-order valence-electron chi connectivity index (χ1n) is 6.44. The molecule has 0 aliphatic carbocycles. The smallest absolute Gasteiger partial charge is 0.0900 e. The van der Waals surface area contributed by atoms with Crippen molar-refractivity contribution in [3.8, 4) is 0 Å². The van der Waals surface area contributed by atoms with Gasteiger partial charge in [0.1, 0.15) is 0 Å². The average Bonchev–Trinajstić information content (AvgIpc) is 2.24. The van der Waals surface area contributed by atoms with Crippen molar-refractivity contribution >= 4 is 0 Å². The Morgan fingerprint density at radius 3 is 3.06 bits per heavy atom. The zero-order chi connectivity index (χ0) is 11.8. The molecule has 4 nitrogen and oxygen atoms in total. The second kappa shape index (κ2) is 8.01. The second-order valence-electron chi connectivity index (χ2n) is 4.70. The normalized spacial score (nSPS) is 24.6. The molecule has 1 saturated heterocycles. The fraction of sp³-hybridized carbons (Fsp3) is 1.00. The Balaban J connectivity index is 2.06. The number of nitrogens with zero attached hydrogens (tertiary/aromatic N) is 1. The standard InChI is InChI=1S/C12H26N2O2/c1-3-4-7-16-10-12(15)9-14-6-5-13-11(2)8-14/h11-13,15H,3-10H2,1-2H3/t11-,12?/m0/s1. The first-order chi connectivity index (χ1) is 7.72. The van der Waals surface area contributed by atoms with Gasteiger partial charge in [0, 0.05) is 38.8 Å². The van der Waals surface area contributed by atoms with Crippen molar-refractivity contribution in [1.82, 2.24) is 10.2 Å². The molecule has 1 aliphatic rings. The Hall–Kier alpha value is -0.160. The molecule has 0 bridgehead atoms. The summed E-state index contributed by atoms with van der Waals surface area (Å²) in [4.78, 5) is 2.30. The summed E-state index contributed by atoms with van der Waals surface area (Å²) in [7, 11) is 0. The number of ether oxygens (including phenoxy) is 1. The number of unbranched alkanes of at least 4 members (excludes halogenated alkanes) is 1. The van der Waals surface area contributed by atoms with Crippen molar-refractivity contribution < 1.29 is 9.84 Å². The lowest BCUT2D eigenvalue weighted by Gasteiger charge is -2.33. The maximum absolute atomic E-state index is 9.80. The number of rotatable bonds is 7. The van der Waals surface area contributed by atoms with Crippen LogP contribution in [0.4, 0.5) is 0 Å². The van der Waals surface area contributed by atoms with E-state index in [0.717, 1.165) is 45.6 Å². The summed E-state index contributed by atoms with van der Waals surface area (Å²) >= 11 is 0. The van der Waals surface area contributed by atoms with E-state index >= 15 is 0 Å². The summed E-state index contributed by atoms with van der Waals surface area (Å²) in [5, 5.41) is 13.2. The molecule has 1 aliphatic heterocycles. The van der Waals surface area contributed by atoms with Gasteiger partial charge in [0.05, 0.1) is 12.7 Å². The molecule has 0 amide bonds. The van der Waals surface area contributed by atoms with E-state index in [0.29, 0.717) is 12.6 Å². The second-order valence-corrected chi connectivity index (χ2v) is 4.70. The minimum Gasteiger partial charge on any atom is -0.389 e. The van der Waals surface area contributed by atoms with Gasteiger partial charge in [-0.05, 0) is 13.3 Å². The van der Waals surface area contributed by atoms with Crippen LogP contribution in [0.3, 0.4) is 0 Å². The zero-order valence-corrected chi connectivity index (χ0v) is 10.6. The maximum Gasteiger partial charge on any atom is 0.0900 e. The molecular formula is C12H26N2O2. The average molecular weight is 230 g/mol. The molecule has 1 fully saturated rings. The molecule has 0 aromatic rings. The fourth-order valence-corrected chi connectivity index (χ4v) is 1.99. The quantitative estimate of drug-likeness (QED) is 0.624. The third kappa shape index (κ3) is 5.80. The molecule has 0 saturated carbocycles. The SMILES string of the molecule is CCCCOCC(O)CN1CCN[C@@H](C)C1. The van der Waals surface area contributed by atoms with Crippen molar-refractivity contribution in [3.63, 3.8) is 0 Å². The number of hydrogen-bond acceptors (Lipinski definition) is 4. The third-order valence-corrected chi connectivity index (χ3v) is 2.87. The lowest BCUT2D eigenvalue weighted by molar-refractivity contribution is 0.0116. The molecule has 0 aromatic carbocycles. The summed E-state index contributed by atoms with van der Waals surface area (Å²) in [6.45, 7) is 9.35. The van der Waals surface area contributed by atoms with Crippen LogP contribution in [0.1, 0.15) is 26.7 Å². The summed E-state index contributed by atoms with van der Waals surface area (Å²) in [6, 6.07) is 0.530. The third-order valence-electron chi connectivity index (χ3n) is 2.87. The minimum atomic E-state index is -0.345. The first-order valence-corrected chi connectivity index (χ1v) is 6.44. The van der Waals surface area contributed by atoms with Crippen molar-refractivity contribution in [2.45, 2.75) is 38.8 Å². The molecule has 2 N–H and O–H groups in total. The van der Waals surface area contributed by atoms with Crippen LogP contribution in [0.25, 0.3) is 0 Å². The Morgan fingerprint density at radius 1 is 1.56 bits per heavy atom. The maximum atomic E-state index is 9.80. The molecule has 96 valence electrons. The van der Waals surface area contributed by atoms with E-state index in [-0.39, 0.29) is 6.10 Å². The Kier molecular flexibility index (Phi) is 6.96. The lowest BCUT2D eigenvalue weighted by Crippen LogP contribution is -2.51. The zero-order valence-electron chi connectivity index (χ0n) is 10.6. The molecule has 4 heteroatoms.